The van der Waals surface area contributed by atoms with E-state index < -0.39 is 5.97 Å². The Labute approximate surface area is 230 Å². The summed E-state index contributed by atoms with van der Waals surface area (Å²) in [6.07, 6.45) is 1.64. The number of benzene rings is 4. The molecule has 0 N–H and O–H groups in total. The molecule has 0 unspecified atom stereocenters. The Morgan fingerprint density at radius 3 is 2.41 bits per heavy atom. The van der Waals surface area contributed by atoms with Crippen molar-refractivity contribution >= 4 is 45.7 Å². The van der Waals surface area contributed by atoms with Crippen LogP contribution in [0.25, 0.3) is 16.8 Å². The van der Waals surface area contributed by atoms with Gasteiger partial charge in [0.05, 0.1) is 30.7 Å². The number of thioether (sulfide) groups is 1. The first kappa shape index (κ1) is 26.1. The van der Waals surface area contributed by atoms with Gasteiger partial charge in [0, 0.05) is 0 Å². The van der Waals surface area contributed by atoms with Crippen LogP contribution in [0.4, 0.5) is 4.79 Å². The molecule has 0 saturated carbocycles. The predicted octanol–water partition coefficient (Wildman–Crippen LogP) is 6.70. The molecule has 0 bridgehead atoms. The molecule has 4 aromatic carbocycles. The van der Waals surface area contributed by atoms with Crippen molar-refractivity contribution < 1.29 is 28.6 Å². The van der Waals surface area contributed by atoms with E-state index in [-0.39, 0.29) is 23.4 Å². The number of esters is 1. The molecule has 8 heteroatoms. The number of amides is 2. The Morgan fingerprint density at radius 2 is 1.67 bits per heavy atom. The first-order valence-corrected chi connectivity index (χ1v) is 13.1. The highest BCUT2D eigenvalue weighted by Crippen LogP contribution is 2.36. The third-order valence-electron chi connectivity index (χ3n) is 6.12. The van der Waals surface area contributed by atoms with Crippen LogP contribution < -0.4 is 14.2 Å². The van der Waals surface area contributed by atoms with Gasteiger partial charge in [-0.15, -0.1) is 0 Å². The second-order valence-corrected chi connectivity index (χ2v) is 9.70. The standard InChI is InChI=1S/C31H25NO6S/c1-3-37-27-17-20(9-15-26(27)38-30(34)23-11-13-25(36-2)14-12-23)18-28-29(33)32(31(35)39-28)19-21-8-10-22-6-4-5-7-24(22)16-21/h4-18H,3,19H2,1-2H3/b28-18-. The predicted molar refractivity (Wildman–Crippen MR) is 151 cm³/mol. The number of carbonyl (C=O) groups excluding carboxylic acids is 3. The van der Waals surface area contributed by atoms with Crippen LogP contribution >= 0.6 is 11.8 Å². The molecule has 1 aliphatic rings. The zero-order chi connectivity index (χ0) is 27.4. The van der Waals surface area contributed by atoms with Gasteiger partial charge in [-0.3, -0.25) is 14.5 Å². The largest absolute Gasteiger partial charge is 0.497 e. The van der Waals surface area contributed by atoms with Crippen molar-refractivity contribution in [2.24, 2.45) is 0 Å². The summed E-state index contributed by atoms with van der Waals surface area (Å²) in [4.78, 5) is 40.0. The normalized spacial score (nSPS) is 14.2. The average molecular weight is 540 g/mol. The summed E-state index contributed by atoms with van der Waals surface area (Å²) in [5.41, 5.74) is 1.88. The Morgan fingerprint density at radius 1 is 0.897 bits per heavy atom. The molecule has 5 rings (SSSR count). The quantitative estimate of drug-likeness (QED) is 0.140. The molecule has 0 spiro atoms. The molecule has 2 amide bonds. The van der Waals surface area contributed by atoms with Crippen LogP contribution in [0.2, 0.25) is 0 Å². The van der Waals surface area contributed by atoms with Crippen LogP contribution in [0.15, 0.2) is 89.8 Å². The van der Waals surface area contributed by atoms with Crippen LogP contribution in [0, 0.1) is 0 Å². The van der Waals surface area contributed by atoms with Crippen LogP contribution in [-0.2, 0) is 11.3 Å². The minimum atomic E-state index is -0.541. The smallest absolute Gasteiger partial charge is 0.343 e. The van der Waals surface area contributed by atoms with Crippen molar-refractivity contribution in [3.8, 4) is 17.2 Å². The topological polar surface area (TPSA) is 82.1 Å². The van der Waals surface area contributed by atoms with Gasteiger partial charge >= 0.3 is 5.97 Å². The highest BCUT2D eigenvalue weighted by molar-refractivity contribution is 8.18. The van der Waals surface area contributed by atoms with Gasteiger partial charge in [-0.25, -0.2) is 4.79 Å². The molecule has 196 valence electrons. The van der Waals surface area contributed by atoms with Crippen molar-refractivity contribution in [2.75, 3.05) is 13.7 Å². The van der Waals surface area contributed by atoms with Crippen LogP contribution in [0.5, 0.6) is 17.2 Å². The van der Waals surface area contributed by atoms with E-state index >= 15 is 0 Å². The summed E-state index contributed by atoms with van der Waals surface area (Å²) >= 11 is 0.896. The highest BCUT2D eigenvalue weighted by Gasteiger charge is 2.35. The summed E-state index contributed by atoms with van der Waals surface area (Å²) in [6.45, 7) is 2.36. The summed E-state index contributed by atoms with van der Waals surface area (Å²) < 4.78 is 16.4. The Hall–Kier alpha value is -4.56. The molecular weight excluding hydrogens is 514 g/mol. The number of fused-ring (bicyclic) bond motifs is 1. The minimum Gasteiger partial charge on any atom is -0.497 e. The van der Waals surface area contributed by atoms with E-state index in [1.54, 1.807) is 55.7 Å². The molecule has 1 heterocycles. The van der Waals surface area contributed by atoms with Crippen LogP contribution in [0.3, 0.4) is 0 Å². The molecule has 4 aromatic rings. The van der Waals surface area contributed by atoms with Gasteiger partial charge in [-0.05, 0) is 89.1 Å². The zero-order valence-corrected chi connectivity index (χ0v) is 22.2. The second kappa shape index (κ2) is 11.4. The van der Waals surface area contributed by atoms with Gasteiger partial charge in [-0.1, -0.05) is 42.5 Å². The third kappa shape index (κ3) is 5.81. The van der Waals surface area contributed by atoms with E-state index in [9.17, 15) is 14.4 Å². The molecule has 1 fully saturated rings. The summed E-state index contributed by atoms with van der Waals surface area (Å²) in [6, 6.07) is 25.4. The number of methoxy groups -OCH3 is 1. The van der Waals surface area contributed by atoms with E-state index in [2.05, 4.69) is 0 Å². The highest BCUT2D eigenvalue weighted by atomic mass is 32.2. The molecule has 39 heavy (non-hydrogen) atoms. The Bertz CT molecular complexity index is 1590. The lowest BCUT2D eigenvalue weighted by Gasteiger charge is -2.13. The van der Waals surface area contributed by atoms with Crippen molar-refractivity contribution in [1.82, 2.24) is 4.90 Å². The van der Waals surface area contributed by atoms with Crippen LogP contribution in [-0.4, -0.2) is 35.7 Å². The molecule has 0 radical (unpaired) electrons. The zero-order valence-electron chi connectivity index (χ0n) is 21.4. The Balaban J connectivity index is 1.33. The van der Waals surface area contributed by atoms with E-state index in [1.165, 1.54) is 4.90 Å². The number of imide groups is 1. The maximum absolute atomic E-state index is 13.1. The molecule has 1 aliphatic heterocycles. The summed E-state index contributed by atoms with van der Waals surface area (Å²) in [7, 11) is 1.55. The fourth-order valence-electron chi connectivity index (χ4n) is 4.16. The first-order valence-electron chi connectivity index (χ1n) is 12.3. The SMILES string of the molecule is CCOc1cc(/C=C2\SC(=O)N(Cc3ccc4ccccc4c3)C2=O)ccc1OC(=O)c1ccc(OC)cc1. The van der Waals surface area contributed by atoms with Crippen molar-refractivity contribution in [3.63, 3.8) is 0 Å². The lowest BCUT2D eigenvalue weighted by atomic mass is 10.1. The summed E-state index contributed by atoms with van der Waals surface area (Å²) in [5.74, 6) is 0.336. The van der Waals surface area contributed by atoms with Crippen molar-refractivity contribution in [3.05, 3.63) is 107 Å². The van der Waals surface area contributed by atoms with E-state index in [1.807, 2.05) is 49.4 Å². The number of ether oxygens (including phenoxy) is 3. The van der Waals surface area contributed by atoms with Gasteiger partial charge in [-0.2, -0.15) is 0 Å². The van der Waals surface area contributed by atoms with Gasteiger partial charge in [0.2, 0.25) is 0 Å². The number of hydrogen-bond donors (Lipinski definition) is 0. The molecular formula is C31H25NO6S. The Kier molecular flexibility index (Phi) is 7.65. The second-order valence-electron chi connectivity index (χ2n) is 8.71. The number of nitrogens with zero attached hydrogens (tertiary/aromatic N) is 1. The van der Waals surface area contributed by atoms with E-state index in [0.717, 1.165) is 28.1 Å². The maximum atomic E-state index is 13.1. The number of hydrogen-bond acceptors (Lipinski definition) is 7. The van der Waals surface area contributed by atoms with Gasteiger partial charge < -0.3 is 14.2 Å². The van der Waals surface area contributed by atoms with Crippen molar-refractivity contribution in [1.29, 1.82) is 0 Å². The lowest BCUT2D eigenvalue weighted by Crippen LogP contribution is -2.27. The maximum Gasteiger partial charge on any atom is 0.343 e. The fraction of sp³-hybridized carbons (Fsp3) is 0.129. The van der Waals surface area contributed by atoms with Gasteiger partial charge in [0.25, 0.3) is 11.1 Å². The first-order chi connectivity index (χ1) is 18.9. The average Bonchev–Trinajstić information content (AvgIpc) is 3.21. The van der Waals surface area contributed by atoms with Gasteiger partial charge in [0.1, 0.15) is 5.75 Å². The summed E-state index contributed by atoms with van der Waals surface area (Å²) in [5, 5.41) is 1.82. The van der Waals surface area contributed by atoms with Crippen LogP contribution in [0.1, 0.15) is 28.4 Å². The molecule has 0 atom stereocenters. The minimum absolute atomic E-state index is 0.192. The molecule has 1 saturated heterocycles. The third-order valence-corrected chi connectivity index (χ3v) is 7.03. The molecule has 7 nitrogen and oxygen atoms in total. The monoisotopic (exact) mass is 539 g/mol. The molecule has 0 aromatic heterocycles. The van der Waals surface area contributed by atoms with E-state index in [0.29, 0.717) is 34.1 Å². The number of rotatable bonds is 8. The lowest BCUT2D eigenvalue weighted by molar-refractivity contribution is -0.123. The van der Waals surface area contributed by atoms with E-state index in [4.69, 9.17) is 14.2 Å². The number of carbonyl (C=O) groups is 3. The van der Waals surface area contributed by atoms with Crippen molar-refractivity contribution in [2.45, 2.75) is 13.5 Å². The fourth-order valence-corrected chi connectivity index (χ4v) is 5.00. The van der Waals surface area contributed by atoms with Gasteiger partial charge in [0.15, 0.2) is 11.5 Å². The molecule has 0 aliphatic carbocycles.